The van der Waals surface area contributed by atoms with Crippen molar-refractivity contribution >= 4 is 0 Å². The van der Waals surface area contributed by atoms with Gasteiger partial charge >= 0.3 is 0 Å². The van der Waals surface area contributed by atoms with Crippen LogP contribution < -0.4 is 11.1 Å². The zero-order valence-corrected chi connectivity index (χ0v) is 6.14. The first-order chi connectivity index (χ1) is 5.20. The average molecular weight is 162 g/mol. The van der Waals surface area contributed by atoms with Gasteiger partial charge in [-0.15, -0.1) is 0 Å². The Labute approximate surface area is 64.8 Å². The lowest BCUT2D eigenvalue weighted by molar-refractivity contribution is 0.0205. The molecule has 0 unspecified atom stereocenters. The monoisotopic (exact) mass is 162 g/mol. The third-order valence-corrected chi connectivity index (χ3v) is 2.05. The minimum absolute atomic E-state index is 0.186. The maximum absolute atomic E-state index is 9.26. The Bertz CT molecular complexity index is 115. The van der Waals surface area contributed by atoms with E-state index in [1.807, 2.05) is 0 Å². The van der Waals surface area contributed by atoms with Gasteiger partial charge in [-0.25, -0.2) is 0 Å². The van der Waals surface area contributed by atoms with Crippen LogP contribution in [0.1, 0.15) is 0 Å². The topological polar surface area (TPSA) is 98.7 Å². The molecule has 1 rings (SSSR count). The second-order valence-corrected chi connectivity index (χ2v) is 2.78. The molecule has 0 spiro atoms. The molecule has 6 N–H and O–H groups in total. The fraction of sp³-hybridized carbons (Fsp3) is 1.00. The van der Waals surface area contributed by atoms with Crippen molar-refractivity contribution in [3.63, 3.8) is 0 Å². The highest BCUT2D eigenvalue weighted by Crippen LogP contribution is 2.12. The first-order valence-electron chi connectivity index (χ1n) is 3.63. The molecule has 0 aromatic heterocycles. The number of nitrogens with one attached hydrogen (secondary N) is 1. The third-order valence-electron chi connectivity index (χ3n) is 2.05. The summed E-state index contributed by atoms with van der Waals surface area (Å²) in [5, 5.41) is 30.0. The Morgan fingerprint density at radius 3 is 2.00 bits per heavy atom. The zero-order valence-electron chi connectivity index (χ0n) is 6.14. The summed E-state index contributed by atoms with van der Waals surface area (Å²) in [5.74, 6) is 0. The van der Waals surface area contributed by atoms with E-state index in [1.165, 1.54) is 0 Å². The molecule has 1 fully saturated rings. The Kier molecular flexibility index (Phi) is 2.80. The number of aliphatic hydroxyl groups excluding tert-OH is 3. The number of hydrogen-bond donors (Lipinski definition) is 5. The van der Waals surface area contributed by atoms with Crippen LogP contribution in [0.3, 0.4) is 0 Å². The van der Waals surface area contributed by atoms with Gasteiger partial charge in [0.05, 0.1) is 24.9 Å². The van der Waals surface area contributed by atoms with Gasteiger partial charge in [0.25, 0.3) is 0 Å². The summed E-state index contributed by atoms with van der Waals surface area (Å²) in [6.07, 6.45) is -1.77. The lowest BCUT2D eigenvalue weighted by atomic mass is 10.1. The smallest absolute Gasteiger partial charge is 0.0989 e. The van der Waals surface area contributed by atoms with Crippen molar-refractivity contribution in [2.24, 2.45) is 5.73 Å². The SMILES string of the molecule is NC[C@H]1N[C@H](CO)[C@H](O)[C@H]1O. The quantitative estimate of drug-likeness (QED) is 0.298. The molecule has 0 amide bonds. The molecule has 0 aromatic rings. The number of aliphatic hydroxyl groups is 3. The summed E-state index contributed by atoms with van der Waals surface area (Å²) in [6.45, 7) is 0.0729. The fourth-order valence-corrected chi connectivity index (χ4v) is 1.32. The summed E-state index contributed by atoms with van der Waals surface area (Å²) in [6, 6.07) is -0.749. The van der Waals surface area contributed by atoms with E-state index in [1.54, 1.807) is 0 Å². The molecule has 0 radical (unpaired) electrons. The molecule has 11 heavy (non-hydrogen) atoms. The van der Waals surface area contributed by atoms with E-state index in [9.17, 15) is 10.2 Å². The molecule has 0 aliphatic carbocycles. The lowest BCUT2D eigenvalue weighted by Gasteiger charge is -2.12. The summed E-state index contributed by atoms with van der Waals surface area (Å²) in [7, 11) is 0. The number of hydrogen-bond acceptors (Lipinski definition) is 5. The second kappa shape index (κ2) is 3.46. The van der Waals surface area contributed by atoms with Crippen molar-refractivity contribution < 1.29 is 15.3 Å². The maximum Gasteiger partial charge on any atom is 0.0989 e. The molecular weight excluding hydrogens is 148 g/mol. The van der Waals surface area contributed by atoms with Gasteiger partial charge in [0.2, 0.25) is 0 Å². The van der Waals surface area contributed by atoms with Gasteiger partial charge in [-0.3, -0.25) is 0 Å². The highest BCUT2D eigenvalue weighted by atomic mass is 16.3. The zero-order chi connectivity index (χ0) is 8.43. The van der Waals surface area contributed by atoms with Gasteiger partial charge in [-0.1, -0.05) is 0 Å². The Morgan fingerprint density at radius 1 is 1.18 bits per heavy atom. The standard InChI is InChI=1S/C6H14N2O3/c7-1-3-5(10)6(11)4(2-9)8-3/h3-6,8-11H,1-2,7H2/t3-,4-,5+,6+/m1/s1. The summed E-state index contributed by atoms with van der Waals surface area (Å²) in [5.41, 5.74) is 5.29. The van der Waals surface area contributed by atoms with Crippen LogP contribution in [0.5, 0.6) is 0 Å². The first-order valence-corrected chi connectivity index (χ1v) is 3.63. The van der Waals surface area contributed by atoms with Crippen molar-refractivity contribution in [1.82, 2.24) is 5.32 Å². The maximum atomic E-state index is 9.26. The van der Waals surface area contributed by atoms with Gasteiger partial charge < -0.3 is 26.4 Å². The molecule has 0 aromatic carbocycles. The highest BCUT2D eigenvalue weighted by molar-refractivity contribution is 4.98. The second-order valence-electron chi connectivity index (χ2n) is 2.78. The van der Waals surface area contributed by atoms with Crippen LogP contribution in [0.15, 0.2) is 0 Å². The Morgan fingerprint density at radius 2 is 1.73 bits per heavy atom. The van der Waals surface area contributed by atoms with E-state index >= 15 is 0 Å². The normalized spacial score (nSPS) is 44.7. The molecule has 1 aliphatic rings. The van der Waals surface area contributed by atoms with Crippen LogP contribution in [-0.2, 0) is 0 Å². The Balaban J connectivity index is 2.53. The van der Waals surface area contributed by atoms with E-state index in [4.69, 9.17) is 10.8 Å². The lowest BCUT2D eigenvalue weighted by Crippen LogP contribution is -2.40. The summed E-state index contributed by atoms with van der Waals surface area (Å²) in [4.78, 5) is 0. The first kappa shape index (κ1) is 8.89. The van der Waals surface area contributed by atoms with Crippen LogP contribution >= 0.6 is 0 Å². The minimum Gasteiger partial charge on any atom is -0.395 e. The largest absolute Gasteiger partial charge is 0.395 e. The Hall–Kier alpha value is -0.200. The predicted octanol–water partition coefficient (Wildman–Crippen LogP) is -3.00. The predicted molar refractivity (Wildman–Crippen MR) is 38.9 cm³/mol. The van der Waals surface area contributed by atoms with Crippen LogP contribution in [0.25, 0.3) is 0 Å². The molecule has 0 bridgehead atoms. The molecule has 0 saturated carbocycles. The van der Waals surface area contributed by atoms with Crippen LogP contribution in [0.2, 0.25) is 0 Å². The van der Waals surface area contributed by atoms with Crippen molar-refractivity contribution in [3.05, 3.63) is 0 Å². The molecule has 1 heterocycles. The summed E-state index contributed by atoms with van der Waals surface area (Å²) >= 11 is 0. The van der Waals surface area contributed by atoms with Crippen LogP contribution in [-0.4, -0.2) is 52.8 Å². The van der Waals surface area contributed by atoms with Gasteiger partial charge in [0, 0.05) is 12.6 Å². The van der Waals surface area contributed by atoms with Crippen molar-refractivity contribution in [1.29, 1.82) is 0 Å². The van der Waals surface area contributed by atoms with Gasteiger partial charge in [0.15, 0.2) is 0 Å². The van der Waals surface area contributed by atoms with Gasteiger partial charge in [-0.2, -0.15) is 0 Å². The minimum atomic E-state index is -0.909. The van der Waals surface area contributed by atoms with Crippen molar-refractivity contribution in [2.45, 2.75) is 24.3 Å². The van der Waals surface area contributed by atoms with Crippen LogP contribution in [0.4, 0.5) is 0 Å². The van der Waals surface area contributed by atoms with Crippen molar-refractivity contribution in [2.75, 3.05) is 13.2 Å². The molecule has 66 valence electrons. The van der Waals surface area contributed by atoms with Gasteiger partial charge in [-0.05, 0) is 0 Å². The van der Waals surface area contributed by atoms with E-state index < -0.39 is 18.2 Å². The van der Waals surface area contributed by atoms with Crippen LogP contribution in [0, 0.1) is 0 Å². The molecule has 5 heteroatoms. The fourth-order valence-electron chi connectivity index (χ4n) is 1.32. The van der Waals surface area contributed by atoms with E-state index in [0.29, 0.717) is 0 Å². The van der Waals surface area contributed by atoms with E-state index in [0.717, 1.165) is 0 Å². The van der Waals surface area contributed by atoms with Gasteiger partial charge in [0.1, 0.15) is 0 Å². The van der Waals surface area contributed by atoms with Crippen molar-refractivity contribution in [3.8, 4) is 0 Å². The molecule has 1 aliphatic heterocycles. The molecule has 5 nitrogen and oxygen atoms in total. The molecule has 1 saturated heterocycles. The molecule has 4 atom stereocenters. The molecular formula is C6H14N2O3. The van der Waals surface area contributed by atoms with E-state index in [2.05, 4.69) is 5.32 Å². The number of rotatable bonds is 2. The summed E-state index contributed by atoms with van der Waals surface area (Å²) < 4.78 is 0. The van der Waals surface area contributed by atoms with E-state index in [-0.39, 0.29) is 19.2 Å². The highest BCUT2D eigenvalue weighted by Gasteiger charge is 2.39. The average Bonchev–Trinajstić information content (AvgIpc) is 2.30. The number of nitrogens with two attached hydrogens (primary N) is 1. The third kappa shape index (κ3) is 1.52.